The molecule has 2 aromatic rings. The molecule has 0 unspecified atom stereocenters. The largest absolute Gasteiger partial charge is 0.469 e. The van der Waals surface area contributed by atoms with E-state index in [9.17, 15) is 9.59 Å². The number of hydrogen-bond donors (Lipinski definition) is 0. The predicted molar refractivity (Wildman–Crippen MR) is 113 cm³/mol. The molecule has 0 aliphatic carbocycles. The first-order chi connectivity index (χ1) is 13.2. The Bertz CT molecular complexity index is 813. The zero-order valence-corrected chi connectivity index (χ0v) is 18.1. The van der Waals surface area contributed by atoms with Crippen LogP contribution in [-0.2, 0) is 32.3 Å². The highest BCUT2D eigenvalue weighted by Gasteiger charge is 2.15. The molecule has 0 radical (unpaired) electrons. The van der Waals surface area contributed by atoms with Crippen LogP contribution >= 0.6 is 10.0 Å². The molecule has 0 spiro atoms. The minimum Gasteiger partial charge on any atom is -0.469 e. The fourth-order valence-corrected chi connectivity index (χ4v) is 3.23. The molecule has 0 aliphatic rings. The number of amides is 1. The van der Waals surface area contributed by atoms with Crippen molar-refractivity contribution in [2.45, 2.75) is 19.6 Å². The van der Waals surface area contributed by atoms with Crippen molar-refractivity contribution >= 4 is 33.0 Å². The first-order valence-corrected chi connectivity index (χ1v) is 12.1. The average Bonchev–Trinajstić information content (AvgIpc) is 3.00. The standard InChI is InChI=1S/C20H30N2O5S/c1-21(20(24)26-12-13-28(3,4)5)27-15-17-14-16-8-6-7-9-18(16)22(17)11-10-19(23)25-2/h6-9,14H,10-13,15H2,1-5H3. The Labute approximate surface area is 167 Å². The van der Waals surface area contributed by atoms with Gasteiger partial charge in [0.05, 0.1) is 13.5 Å². The van der Waals surface area contributed by atoms with Gasteiger partial charge in [0.1, 0.15) is 13.2 Å². The summed E-state index contributed by atoms with van der Waals surface area (Å²) in [6, 6.07) is 9.89. The summed E-state index contributed by atoms with van der Waals surface area (Å²) in [6.07, 6.45) is 6.27. The number of benzene rings is 1. The molecule has 7 nitrogen and oxygen atoms in total. The van der Waals surface area contributed by atoms with Crippen LogP contribution in [0, 0.1) is 0 Å². The second-order valence-electron chi connectivity index (χ2n) is 7.35. The van der Waals surface area contributed by atoms with E-state index in [0.29, 0.717) is 13.2 Å². The number of hydrogen-bond acceptors (Lipinski definition) is 5. The number of esters is 1. The van der Waals surface area contributed by atoms with Gasteiger partial charge < -0.3 is 14.0 Å². The third-order valence-electron chi connectivity index (χ3n) is 4.25. The van der Waals surface area contributed by atoms with Gasteiger partial charge in [0.15, 0.2) is 0 Å². The minimum atomic E-state index is -0.714. The molecule has 0 saturated heterocycles. The van der Waals surface area contributed by atoms with Crippen LogP contribution < -0.4 is 0 Å². The lowest BCUT2D eigenvalue weighted by atomic mass is 10.2. The molecular formula is C20H30N2O5S. The predicted octanol–water partition coefficient (Wildman–Crippen LogP) is 3.40. The van der Waals surface area contributed by atoms with Gasteiger partial charge in [-0.15, -0.1) is 0 Å². The number of rotatable bonds is 9. The molecule has 1 aromatic heterocycles. The number of carbonyl (C=O) groups excluding carboxylic acids is 2. The number of hydroxylamine groups is 2. The second kappa shape index (κ2) is 9.84. The molecule has 0 fully saturated rings. The lowest BCUT2D eigenvalue weighted by Gasteiger charge is -2.25. The highest BCUT2D eigenvalue weighted by Crippen LogP contribution is 2.33. The maximum atomic E-state index is 12.1. The third kappa shape index (κ3) is 6.45. The van der Waals surface area contributed by atoms with Crippen LogP contribution in [0.3, 0.4) is 0 Å². The third-order valence-corrected chi connectivity index (χ3v) is 5.64. The molecule has 0 N–H and O–H groups in total. The normalized spacial score (nSPS) is 12.0. The Morgan fingerprint density at radius 2 is 1.89 bits per heavy atom. The summed E-state index contributed by atoms with van der Waals surface area (Å²) in [5.74, 6) is 0.584. The maximum absolute atomic E-state index is 12.1. The van der Waals surface area contributed by atoms with E-state index in [1.807, 2.05) is 34.9 Å². The summed E-state index contributed by atoms with van der Waals surface area (Å²) < 4.78 is 12.0. The number of fused-ring (bicyclic) bond motifs is 1. The SMILES string of the molecule is COC(=O)CCn1c(CON(C)C(=O)OCCS(C)(C)C)cc2ccccc21. The van der Waals surface area contributed by atoms with Crippen molar-refractivity contribution < 1.29 is 23.9 Å². The highest BCUT2D eigenvalue weighted by molar-refractivity contribution is 8.32. The van der Waals surface area contributed by atoms with Gasteiger partial charge in [-0.05, 0) is 36.3 Å². The number of aryl methyl sites for hydroxylation is 1. The monoisotopic (exact) mass is 410 g/mol. The fraction of sp³-hybridized carbons (Fsp3) is 0.500. The van der Waals surface area contributed by atoms with Gasteiger partial charge in [-0.2, -0.15) is 5.06 Å². The van der Waals surface area contributed by atoms with Crippen LogP contribution in [0.5, 0.6) is 0 Å². The topological polar surface area (TPSA) is 70.0 Å². The summed E-state index contributed by atoms with van der Waals surface area (Å²) >= 11 is 0. The molecule has 1 heterocycles. The Morgan fingerprint density at radius 1 is 1.18 bits per heavy atom. The summed E-state index contributed by atoms with van der Waals surface area (Å²) in [7, 11) is 2.20. The summed E-state index contributed by atoms with van der Waals surface area (Å²) in [4.78, 5) is 29.2. The van der Waals surface area contributed by atoms with Gasteiger partial charge in [0.2, 0.25) is 0 Å². The number of aromatic nitrogens is 1. The number of para-hydroxylation sites is 1. The molecular weight excluding hydrogens is 380 g/mol. The maximum Gasteiger partial charge on any atom is 0.433 e. The molecule has 0 bridgehead atoms. The van der Waals surface area contributed by atoms with Gasteiger partial charge in [0, 0.05) is 30.6 Å². The van der Waals surface area contributed by atoms with E-state index in [-0.39, 0.29) is 19.0 Å². The van der Waals surface area contributed by atoms with Crippen LogP contribution in [-0.4, -0.2) is 67.0 Å². The molecule has 156 valence electrons. The Kier molecular flexibility index (Phi) is 7.77. The van der Waals surface area contributed by atoms with E-state index in [0.717, 1.165) is 27.4 Å². The summed E-state index contributed by atoms with van der Waals surface area (Å²) in [6.45, 7) is 1.04. The van der Waals surface area contributed by atoms with E-state index in [1.165, 1.54) is 14.2 Å². The van der Waals surface area contributed by atoms with Crippen molar-refractivity contribution in [3.05, 3.63) is 36.0 Å². The molecule has 1 aromatic carbocycles. The van der Waals surface area contributed by atoms with Crippen molar-refractivity contribution in [2.24, 2.45) is 0 Å². The second-order valence-corrected chi connectivity index (χ2v) is 11.9. The average molecular weight is 411 g/mol. The van der Waals surface area contributed by atoms with Crippen LogP contribution in [0.2, 0.25) is 0 Å². The number of nitrogens with zero attached hydrogens (tertiary/aromatic N) is 2. The summed E-state index contributed by atoms with van der Waals surface area (Å²) in [5, 5.41) is 2.16. The van der Waals surface area contributed by atoms with E-state index >= 15 is 0 Å². The Morgan fingerprint density at radius 3 is 2.57 bits per heavy atom. The van der Waals surface area contributed by atoms with Crippen LogP contribution in [0.1, 0.15) is 12.1 Å². The molecule has 8 heteroatoms. The van der Waals surface area contributed by atoms with Crippen molar-refractivity contribution in [1.29, 1.82) is 0 Å². The van der Waals surface area contributed by atoms with E-state index in [1.54, 1.807) is 0 Å². The van der Waals surface area contributed by atoms with Crippen molar-refractivity contribution in [3.63, 3.8) is 0 Å². The van der Waals surface area contributed by atoms with E-state index in [2.05, 4.69) is 18.8 Å². The first-order valence-electron chi connectivity index (χ1n) is 9.04. The Balaban J connectivity index is 2.00. The zero-order valence-electron chi connectivity index (χ0n) is 17.3. The minimum absolute atomic E-state index is 0.186. The lowest BCUT2D eigenvalue weighted by Crippen LogP contribution is -2.29. The first kappa shape index (κ1) is 22.1. The van der Waals surface area contributed by atoms with Crippen LogP contribution in [0.25, 0.3) is 10.9 Å². The molecule has 28 heavy (non-hydrogen) atoms. The highest BCUT2D eigenvalue weighted by atomic mass is 32.3. The van der Waals surface area contributed by atoms with Crippen molar-refractivity contribution in [2.75, 3.05) is 45.3 Å². The van der Waals surface area contributed by atoms with Crippen LogP contribution in [0.4, 0.5) is 4.79 Å². The van der Waals surface area contributed by atoms with Crippen molar-refractivity contribution in [1.82, 2.24) is 9.63 Å². The van der Waals surface area contributed by atoms with E-state index < -0.39 is 16.1 Å². The van der Waals surface area contributed by atoms with Crippen molar-refractivity contribution in [3.8, 4) is 0 Å². The molecule has 2 rings (SSSR count). The van der Waals surface area contributed by atoms with Gasteiger partial charge in [-0.3, -0.25) is 9.63 Å². The fourth-order valence-electron chi connectivity index (χ4n) is 2.64. The Hall–Kier alpha value is -2.19. The number of methoxy groups -OCH3 is 1. The lowest BCUT2D eigenvalue weighted by molar-refractivity contribution is -0.141. The molecule has 1 amide bonds. The smallest absolute Gasteiger partial charge is 0.433 e. The number of ether oxygens (including phenoxy) is 2. The van der Waals surface area contributed by atoms with Crippen LogP contribution in [0.15, 0.2) is 30.3 Å². The van der Waals surface area contributed by atoms with Gasteiger partial charge in [0.25, 0.3) is 0 Å². The zero-order chi connectivity index (χ0) is 20.7. The molecule has 0 atom stereocenters. The van der Waals surface area contributed by atoms with Gasteiger partial charge in [-0.1, -0.05) is 18.2 Å². The molecule has 0 saturated carbocycles. The number of carbonyl (C=O) groups is 2. The van der Waals surface area contributed by atoms with Gasteiger partial charge >= 0.3 is 12.1 Å². The van der Waals surface area contributed by atoms with Gasteiger partial charge in [-0.25, -0.2) is 14.8 Å². The summed E-state index contributed by atoms with van der Waals surface area (Å²) in [5.41, 5.74) is 1.87. The molecule has 0 aliphatic heterocycles. The van der Waals surface area contributed by atoms with E-state index in [4.69, 9.17) is 14.3 Å². The quantitative estimate of drug-likeness (QED) is 0.468.